The van der Waals surface area contributed by atoms with Crippen LogP contribution in [-0.4, -0.2) is 56.4 Å². The number of benzene rings is 1. The summed E-state index contributed by atoms with van der Waals surface area (Å²) in [5, 5.41) is 12.7. The Morgan fingerprint density at radius 3 is 2.50 bits per heavy atom. The predicted molar refractivity (Wildman–Crippen MR) is 78.8 cm³/mol. The third-order valence-electron chi connectivity index (χ3n) is 3.58. The van der Waals surface area contributed by atoms with Crippen molar-refractivity contribution in [2.45, 2.75) is 12.5 Å². The molecule has 0 aliphatic carbocycles. The lowest BCUT2D eigenvalue weighted by Crippen LogP contribution is -2.55. The maximum Gasteiger partial charge on any atom is 0.329 e. The topological polar surface area (TPSA) is 61.8 Å². The van der Waals surface area contributed by atoms with E-state index < -0.39 is 11.5 Å². The lowest BCUT2D eigenvalue weighted by Gasteiger charge is -2.35. The van der Waals surface area contributed by atoms with E-state index in [1.807, 2.05) is 37.3 Å². The van der Waals surface area contributed by atoms with Gasteiger partial charge >= 0.3 is 5.97 Å². The Morgan fingerprint density at radius 2 is 2.05 bits per heavy atom. The highest BCUT2D eigenvalue weighted by molar-refractivity contribution is 5.81. The van der Waals surface area contributed by atoms with Crippen molar-refractivity contribution in [2.75, 3.05) is 40.4 Å². The lowest BCUT2D eigenvalue weighted by molar-refractivity contribution is -0.146. The number of methoxy groups -OCH3 is 1. The van der Waals surface area contributed by atoms with Crippen LogP contribution in [0.3, 0.4) is 0 Å². The first-order chi connectivity index (χ1) is 9.60. The summed E-state index contributed by atoms with van der Waals surface area (Å²) in [6.07, 6.45) is 0. The Hall–Kier alpha value is -1.43. The van der Waals surface area contributed by atoms with Gasteiger partial charge in [0.1, 0.15) is 0 Å². The van der Waals surface area contributed by atoms with E-state index in [2.05, 4.69) is 10.2 Å². The number of likely N-dealkylation sites (N-methyl/N-ethyl adjacent to an activating group) is 2. The Bertz CT molecular complexity index is 411. The standard InChI is InChI=1S/C15H24N2O3/c1-4-17(10-11-20-3)12-15(16-2,14(18)19)13-8-6-5-7-9-13/h5-9,16H,4,10-12H2,1-3H3,(H,18,19). The minimum atomic E-state index is -1.11. The number of carboxylic acid groups (broad SMARTS) is 1. The van der Waals surface area contributed by atoms with Crippen LogP contribution < -0.4 is 5.32 Å². The summed E-state index contributed by atoms with van der Waals surface area (Å²) in [5.74, 6) is -0.873. The van der Waals surface area contributed by atoms with Crippen LogP contribution in [0.25, 0.3) is 0 Å². The van der Waals surface area contributed by atoms with Gasteiger partial charge in [-0.2, -0.15) is 0 Å². The van der Waals surface area contributed by atoms with Crippen molar-refractivity contribution in [2.24, 2.45) is 0 Å². The van der Waals surface area contributed by atoms with Gasteiger partial charge in [-0.15, -0.1) is 0 Å². The summed E-state index contributed by atoms with van der Waals surface area (Å²) >= 11 is 0. The van der Waals surface area contributed by atoms with Gasteiger partial charge < -0.3 is 15.2 Å². The fraction of sp³-hybridized carbons (Fsp3) is 0.533. The number of aliphatic carboxylic acids is 1. The quantitative estimate of drug-likeness (QED) is 0.710. The number of carboxylic acids is 1. The van der Waals surface area contributed by atoms with Crippen molar-refractivity contribution < 1.29 is 14.6 Å². The minimum Gasteiger partial charge on any atom is -0.480 e. The van der Waals surface area contributed by atoms with Crippen molar-refractivity contribution in [1.82, 2.24) is 10.2 Å². The van der Waals surface area contributed by atoms with Crippen molar-refractivity contribution in [3.63, 3.8) is 0 Å². The Balaban J connectivity index is 3.03. The molecule has 0 fully saturated rings. The molecule has 0 amide bonds. The van der Waals surface area contributed by atoms with Crippen LogP contribution in [0.15, 0.2) is 30.3 Å². The zero-order valence-corrected chi connectivity index (χ0v) is 12.4. The summed E-state index contributed by atoms with van der Waals surface area (Å²) in [7, 11) is 3.33. The molecular weight excluding hydrogens is 256 g/mol. The molecule has 20 heavy (non-hydrogen) atoms. The van der Waals surface area contributed by atoms with Crippen molar-refractivity contribution in [3.8, 4) is 0 Å². The first-order valence-corrected chi connectivity index (χ1v) is 6.79. The van der Waals surface area contributed by atoms with Crippen LogP contribution in [0.4, 0.5) is 0 Å². The SMILES string of the molecule is CCN(CCOC)CC(NC)(C(=O)O)c1ccccc1. The fourth-order valence-electron chi connectivity index (χ4n) is 2.24. The molecule has 0 aliphatic rings. The Labute approximate surface area is 120 Å². The molecule has 5 nitrogen and oxygen atoms in total. The molecule has 0 bridgehead atoms. The summed E-state index contributed by atoms with van der Waals surface area (Å²) in [4.78, 5) is 13.9. The molecule has 5 heteroatoms. The summed E-state index contributed by atoms with van der Waals surface area (Å²) in [6, 6.07) is 9.28. The highest BCUT2D eigenvalue weighted by atomic mass is 16.5. The molecule has 1 aromatic carbocycles. The second-order valence-electron chi connectivity index (χ2n) is 4.69. The molecule has 0 heterocycles. The van der Waals surface area contributed by atoms with Crippen LogP contribution in [0.5, 0.6) is 0 Å². The second kappa shape index (κ2) is 7.99. The van der Waals surface area contributed by atoms with Gasteiger partial charge in [0.15, 0.2) is 5.54 Å². The van der Waals surface area contributed by atoms with E-state index in [9.17, 15) is 9.90 Å². The van der Waals surface area contributed by atoms with E-state index in [4.69, 9.17) is 4.74 Å². The molecule has 0 saturated carbocycles. The van der Waals surface area contributed by atoms with Gasteiger partial charge in [-0.3, -0.25) is 4.90 Å². The van der Waals surface area contributed by atoms with Crippen LogP contribution in [0.1, 0.15) is 12.5 Å². The average Bonchev–Trinajstić information content (AvgIpc) is 2.48. The molecule has 1 atom stereocenters. The zero-order chi connectivity index (χ0) is 15.0. The van der Waals surface area contributed by atoms with Gasteiger partial charge in [-0.1, -0.05) is 37.3 Å². The highest BCUT2D eigenvalue weighted by Gasteiger charge is 2.40. The van der Waals surface area contributed by atoms with Gasteiger partial charge in [0.25, 0.3) is 0 Å². The number of nitrogens with one attached hydrogen (secondary N) is 1. The Kier molecular flexibility index (Phi) is 6.64. The molecule has 1 aromatic rings. The first-order valence-electron chi connectivity index (χ1n) is 6.79. The van der Waals surface area contributed by atoms with Gasteiger partial charge in [0.2, 0.25) is 0 Å². The third kappa shape index (κ3) is 3.79. The monoisotopic (exact) mass is 280 g/mol. The van der Waals surface area contributed by atoms with Crippen LogP contribution in [0.2, 0.25) is 0 Å². The molecule has 0 spiro atoms. The summed E-state index contributed by atoms with van der Waals surface area (Å²) in [6.45, 7) is 4.47. The van der Waals surface area contributed by atoms with E-state index in [1.54, 1.807) is 14.2 Å². The normalized spacial score (nSPS) is 14.2. The largest absolute Gasteiger partial charge is 0.480 e. The van der Waals surface area contributed by atoms with E-state index in [0.29, 0.717) is 19.7 Å². The molecule has 0 saturated heterocycles. The summed E-state index contributed by atoms with van der Waals surface area (Å²) < 4.78 is 5.08. The van der Waals surface area contributed by atoms with Crippen LogP contribution in [0, 0.1) is 0 Å². The van der Waals surface area contributed by atoms with Crippen molar-refractivity contribution >= 4 is 5.97 Å². The fourth-order valence-corrected chi connectivity index (χ4v) is 2.24. The highest BCUT2D eigenvalue weighted by Crippen LogP contribution is 2.22. The van der Waals surface area contributed by atoms with E-state index in [-0.39, 0.29) is 0 Å². The summed E-state index contributed by atoms with van der Waals surface area (Å²) in [5.41, 5.74) is -0.351. The lowest BCUT2D eigenvalue weighted by atomic mass is 9.89. The van der Waals surface area contributed by atoms with Crippen molar-refractivity contribution in [1.29, 1.82) is 0 Å². The van der Waals surface area contributed by atoms with Crippen molar-refractivity contribution in [3.05, 3.63) is 35.9 Å². The number of hydrogen-bond acceptors (Lipinski definition) is 4. The van der Waals surface area contributed by atoms with Gasteiger partial charge in [0.05, 0.1) is 6.61 Å². The molecule has 0 aromatic heterocycles. The van der Waals surface area contributed by atoms with E-state index in [0.717, 1.165) is 12.1 Å². The number of ether oxygens (including phenoxy) is 1. The number of rotatable bonds is 9. The maximum absolute atomic E-state index is 11.9. The molecule has 1 unspecified atom stereocenters. The molecule has 112 valence electrons. The molecular formula is C15H24N2O3. The zero-order valence-electron chi connectivity index (χ0n) is 12.4. The molecule has 0 radical (unpaired) electrons. The van der Waals surface area contributed by atoms with Gasteiger partial charge in [-0.25, -0.2) is 4.79 Å². The number of hydrogen-bond donors (Lipinski definition) is 2. The minimum absolute atomic E-state index is 0.392. The van der Waals surface area contributed by atoms with E-state index in [1.165, 1.54) is 0 Å². The number of nitrogens with zero attached hydrogens (tertiary/aromatic N) is 1. The molecule has 0 aliphatic heterocycles. The Morgan fingerprint density at radius 1 is 1.40 bits per heavy atom. The van der Waals surface area contributed by atoms with Crippen LogP contribution in [-0.2, 0) is 15.1 Å². The van der Waals surface area contributed by atoms with E-state index >= 15 is 0 Å². The maximum atomic E-state index is 11.9. The molecule has 2 N–H and O–H groups in total. The van der Waals surface area contributed by atoms with Gasteiger partial charge in [-0.05, 0) is 19.2 Å². The predicted octanol–water partition coefficient (Wildman–Crippen LogP) is 1.15. The molecule has 1 rings (SSSR count). The van der Waals surface area contributed by atoms with Gasteiger partial charge in [0, 0.05) is 20.2 Å². The second-order valence-corrected chi connectivity index (χ2v) is 4.69. The van der Waals surface area contributed by atoms with Crippen LogP contribution >= 0.6 is 0 Å². The average molecular weight is 280 g/mol. The first kappa shape index (κ1) is 16.6. The third-order valence-corrected chi connectivity index (χ3v) is 3.58. The number of carbonyl (C=O) groups is 1. The smallest absolute Gasteiger partial charge is 0.329 e.